The van der Waals surface area contributed by atoms with Crippen molar-refractivity contribution in [1.29, 1.82) is 0 Å². The van der Waals surface area contributed by atoms with Crippen molar-refractivity contribution in [3.05, 3.63) is 103 Å². The molecular formula is C39H54N5OY-. The van der Waals surface area contributed by atoms with Crippen molar-refractivity contribution < 1.29 is 37.8 Å². The third-order valence-corrected chi connectivity index (χ3v) is 5.60. The molecule has 6 nitrogen and oxygen atoms in total. The number of hydrogen-bond donors (Lipinski definition) is 2. The van der Waals surface area contributed by atoms with Crippen LogP contribution in [0.25, 0.3) is 21.5 Å². The molecule has 46 heavy (non-hydrogen) atoms. The van der Waals surface area contributed by atoms with Crippen LogP contribution in [0.15, 0.2) is 111 Å². The maximum Gasteiger partial charge on any atom is 0.125 e. The van der Waals surface area contributed by atoms with Crippen LogP contribution in [-0.2, 0) is 32.7 Å². The number of azo groups is 2. The zero-order valence-electron chi connectivity index (χ0n) is 29.9. The van der Waals surface area contributed by atoms with Crippen LogP contribution in [0.1, 0.15) is 74.3 Å². The summed E-state index contributed by atoms with van der Waals surface area (Å²) in [5, 5.41) is 34.3. The van der Waals surface area contributed by atoms with Crippen LogP contribution in [0.3, 0.4) is 0 Å². The number of fused-ring (bicyclic) bond motifs is 2. The summed E-state index contributed by atoms with van der Waals surface area (Å²) in [4.78, 5) is 0. The number of aromatic hydroxyl groups is 1. The summed E-state index contributed by atoms with van der Waals surface area (Å²) in [6.07, 6.45) is 1.25. The van der Waals surface area contributed by atoms with E-state index in [1.807, 2.05) is 85.7 Å². The Morgan fingerprint density at radius 2 is 1.22 bits per heavy atom. The van der Waals surface area contributed by atoms with Gasteiger partial charge in [-0.25, -0.2) is 10.2 Å². The van der Waals surface area contributed by atoms with E-state index >= 15 is 0 Å². The van der Waals surface area contributed by atoms with Crippen molar-refractivity contribution in [2.24, 2.45) is 20.5 Å². The first kappa shape index (κ1) is 44.6. The van der Waals surface area contributed by atoms with Gasteiger partial charge in [0.1, 0.15) is 11.4 Å². The molecule has 0 unspecified atom stereocenters. The van der Waals surface area contributed by atoms with E-state index in [-0.39, 0.29) is 38.5 Å². The van der Waals surface area contributed by atoms with Crippen LogP contribution in [0.5, 0.6) is 5.75 Å². The number of nitrogens with one attached hydrogen (secondary N) is 1. The van der Waals surface area contributed by atoms with E-state index in [9.17, 15) is 5.11 Å². The largest absolute Gasteiger partial charge is 0.507 e. The van der Waals surface area contributed by atoms with Gasteiger partial charge in [-0.1, -0.05) is 135 Å². The van der Waals surface area contributed by atoms with Gasteiger partial charge >= 0.3 is 0 Å². The first-order valence-corrected chi connectivity index (χ1v) is 16.2. The van der Waals surface area contributed by atoms with Crippen molar-refractivity contribution >= 4 is 44.3 Å². The van der Waals surface area contributed by atoms with E-state index in [1.165, 1.54) is 17.2 Å². The zero-order chi connectivity index (χ0) is 34.0. The molecule has 0 saturated carbocycles. The molecule has 0 aliphatic carbocycles. The van der Waals surface area contributed by atoms with Gasteiger partial charge in [0.05, 0.1) is 11.1 Å². The number of anilines is 1. The Bertz CT molecular complexity index is 1500. The summed E-state index contributed by atoms with van der Waals surface area (Å²) in [6.45, 7) is 20.9. The van der Waals surface area contributed by atoms with E-state index < -0.39 is 0 Å². The molecule has 1 radical (unpaired) electrons. The average Bonchev–Trinajstić information content (AvgIpc) is 3.09. The Morgan fingerprint density at radius 3 is 1.70 bits per heavy atom. The molecule has 0 atom stereocenters. The predicted molar refractivity (Wildman–Crippen MR) is 198 cm³/mol. The van der Waals surface area contributed by atoms with Gasteiger partial charge in [0.15, 0.2) is 0 Å². The Labute approximate surface area is 303 Å². The Kier molecular flexibility index (Phi) is 27.0. The van der Waals surface area contributed by atoms with Gasteiger partial charge in [-0.2, -0.15) is 11.2 Å². The number of benzene rings is 5. The Hall–Kier alpha value is -3.48. The van der Waals surface area contributed by atoms with Gasteiger partial charge in [-0.05, 0) is 46.6 Å². The molecule has 0 bridgehead atoms. The van der Waals surface area contributed by atoms with Crippen molar-refractivity contribution in [3.8, 4) is 5.75 Å². The molecule has 5 aromatic rings. The van der Waals surface area contributed by atoms with E-state index in [0.717, 1.165) is 28.9 Å². The van der Waals surface area contributed by atoms with E-state index in [0.29, 0.717) is 16.8 Å². The maximum atomic E-state index is 10.3. The molecule has 5 rings (SSSR count). The molecule has 7 heteroatoms. The van der Waals surface area contributed by atoms with Gasteiger partial charge in [-0.15, -0.1) is 22.8 Å². The van der Waals surface area contributed by atoms with Crippen LogP contribution in [0, 0.1) is 13.0 Å². The number of hydrogen-bond acceptors (Lipinski definition) is 6. The fourth-order valence-electron chi connectivity index (χ4n) is 3.86. The molecular weight excluding hydrogens is 643 g/mol. The van der Waals surface area contributed by atoms with Gasteiger partial charge in [0.2, 0.25) is 0 Å². The molecule has 0 heterocycles. The summed E-state index contributed by atoms with van der Waals surface area (Å²) in [7, 11) is 1.63. The van der Waals surface area contributed by atoms with Crippen LogP contribution in [-0.4, -0.2) is 18.7 Å². The predicted octanol–water partition coefficient (Wildman–Crippen LogP) is 13.5. The quantitative estimate of drug-likeness (QED) is 0.142. The van der Waals surface area contributed by atoms with Crippen LogP contribution >= 0.6 is 0 Å². The number of rotatable bonds is 5. The molecule has 2 N–H and O–H groups in total. The fourth-order valence-corrected chi connectivity index (χ4v) is 3.86. The third-order valence-electron chi connectivity index (χ3n) is 5.60. The molecule has 0 saturated heterocycles. The van der Waals surface area contributed by atoms with E-state index in [4.69, 9.17) is 0 Å². The van der Waals surface area contributed by atoms with Gasteiger partial charge < -0.3 is 10.4 Å². The maximum absolute atomic E-state index is 10.3. The summed E-state index contributed by atoms with van der Waals surface area (Å²) < 4.78 is 0. The number of phenolic OH excluding ortho intramolecular Hbond substituents is 1. The molecule has 245 valence electrons. The van der Waals surface area contributed by atoms with Crippen molar-refractivity contribution in [2.45, 2.75) is 75.7 Å². The van der Waals surface area contributed by atoms with Crippen LogP contribution in [0.4, 0.5) is 22.7 Å². The second-order valence-corrected chi connectivity index (χ2v) is 8.81. The topological polar surface area (TPSA) is 81.7 Å². The molecule has 5 aromatic carbocycles. The van der Waals surface area contributed by atoms with Crippen molar-refractivity contribution in [1.82, 2.24) is 0 Å². The standard InChI is InChI=1S/C20H20N5O.C10H8.C3H8.3C2H6.Y/c1-4-22-17-10-8-14-6-5-7-18(26)19(14)20(17)25-23-15-9-11-16(24-21-3)13(2)12-15;1-2-6-10-8-4-3-7-9(10)5-1;1-3-2;3*1-2;/h5-8,10-12,22,26H,4H2,1-3H3;1-8H;3H2,1-2H3;3*1-2H3;/q-1;;;;;;. The molecule has 0 aromatic heterocycles. The second kappa shape index (κ2) is 27.8. The second-order valence-electron chi connectivity index (χ2n) is 8.81. The number of phenols is 1. The van der Waals surface area contributed by atoms with Crippen molar-refractivity contribution in [3.63, 3.8) is 0 Å². The fraction of sp³-hybridized carbons (Fsp3) is 0.333. The average molecular weight is 698 g/mol. The first-order valence-electron chi connectivity index (χ1n) is 16.2. The zero-order valence-corrected chi connectivity index (χ0v) is 32.7. The third kappa shape index (κ3) is 14.7. The summed E-state index contributed by atoms with van der Waals surface area (Å²) in [5.41, 5.74) is 3.70. The molecule has 0 amide bonds. The first-order chi connectivity index (χ1) is 22.0. The van der Waals surface area contributed by atoms with E-state index in [1.54, 1.807) is 19.2 Å². The molecule has 0 fully saturated rings. The SMILES string of the molecule is CC.CC.CC.CCC.CCNc1ccc2cccc(O)c2c1N=Nc1[c-]cc(N=NC)c(C)c1.[Y].c1ccc2ccccc2c1. The Morgan fingerprint density at radius 1 is 0.696 bits per heavy atom. The Balaban J connectivity index is 0. The molecule has 0 aliphatic rings. The van der Waals surface area contributed by atoms with Crippen LogP contribution in [0.2, 0.25) is 0 Å². The normalized spacial score (nSPS) is 9.54. The summed E-state index contributed by atoms with van der Waals surface area (Å²) in [5.74, 6) is 0.176. The minimum absolute atomic E-state index is 0. The summed E-state index contributed by atoms with van der Waals surface area (Å²) >= 11 is 0. The van der Waals surface area contributed by atoms with Crippen LogP contribution < -0.4 is 5.32 Å². The minimum Gasteiger partial charge on any atom is -0.507 e. The molecule has 0 spiro atoms. The molecule has 0 aliphatic heterocycles. The minimum atomic E-state index is 0. The van der Waals surface area contributed by atoms with Gasteiger partial charge in [0, 0.05) is 46.3 Å². The monoisotopic (exact) mass is 697 g/mol. The number of aryl methyl sites for hydroxylation is 1. The summed E-state index contributed by atoms with van der Waals surface area (Å²) in [6, 6.07) is 32.6. The van der Waals surface area contributed by atoms with Gasteiger partial charge in [0.25, 0.3) is 0 Å². The number of nitrogens with zero attached hydrogens (tertiary/aromatic N) is 4. The van der Waals surface area contributed by atoms with Gasteiger partial charge in [-0.3, -0.25) is 0 Å². The van der Waals surface area contributed by atoms with Crippen molar-refractivity contribution in [2.75, 3.05) is 18.9 Å². The van der Waals surface area contributed by atoms with E-state index in [2.05, 4.69) is 94.2 Å². The smallest absolute Gasteiger partial charge is 0.125 e.